The van der Waals surface area contributed by atoms with Gasteiger partial charge in [-0.3, -0.25) is 4.68 Å². The van der Waals surface area contributed by atoms with E-state index in [1.54, 1.807) is 16.1 Å². The summed E-state index contributed by atoms with van der Waals surface area (Å²) in [6, 6.07) is 0. The van der Waals surface area contributed by atoms with Crippen molar-refractivity contribution in [1.82, 2.24) is 24.7 Å². The van der Waals surface area contributed by atoms with E-state index in [4.69, 9.17) is 0 Å². The van der Waals surface area contributed by atoms with Crippen molar-refractivity contribution < 1.29 is 8.42 Å². The molecule has 0 radical (unpaired) electrons. The van der Waals surface area contributed by atoms with E-state index in [0.29, 0.717) is 38.7 Å². The third-order valence-corrected chi connectivity index (χ3v) is 7.23. The Bertz CT molecular complexity index is 723. The highest BCUT2D eigenvalue weighted by molar-refractivity contribution is 7.99. The Balaban J connectivity index is 1.93. The minimum absolute atomic E-state index is 0.0764. The number of sulfonamides is 1. The highest BCUT2D eigenvalue weighted by atomic mass is 32.2. The Morgan fingerprint density at radius 2 is 1.96 bits per heavy atom. The van der Waals surface area contributed by atoms with Gasteiger partial charge in [0.1, 0.15) is 0 Å². The van der Waals surface area contributed by atoms with E-state index in [9.17, 15) is 8.42 Å². The van der Waals surface area contributed by atoms with Crippen LogP contribution in [0.15, 0.2) is 4.99 Å². The van der Waals surface area contributed by atoms with E-state index >= 15 is 0 Å². The normalized spacial score (nSPS) is 16.7. The first-order valence-electron chi connectivity index (χ1n) is 8.92. The maximum atomic E-state index is 12.4. The van der Waals surface area contributed by atoms with Crippen LogP contribution in [0.1, 0.15) is 23.9 Å². The molecule has 1 aliphatic heterocycles. The molecule has 0 bridgehead atoms. The molecular weight excluding hydrogens is 372 g/mol. The van der Waals surface area contributed by atoms with Crippen molar-refractivity contribution in [3.05, 3.63) is 17.0 Å². The van der Waals surface area contributed by atoms with Crippen molar-refractivity contribution >= 4 is 27.7 Å². The summed E-state index contributed by atoms with van der Waals surface area (Å²) in [6.07, 6.45) is 0. The second-order valence-electron chi connectivity index (χ2n) is 6.22. The zero-order chi connectivity index (χ0) is 19.2. The summed E-state index contributed by atoms with van der Waals surface area (Å²) in [4.78, 5) is 4.58. The lowest BCUT2D eigenvalue weighted by molar-refractivity contribution is 0.443. The molecular formula is C16H30N6O2S2. The van der Waals surface area contributed by atoms with E-state index < -0.39 is 10.0 Å². The fourth-order valence-electron chi connectivity index (χ4n) is 2.80. The first-order chi connectivity index (χ1) is 12.3. The van der Waals surface area contributed by atoms with Crippen LogP contribution < -0.4 is 10.6 Å². The molecule has 2 heterocycles. The molecule has 2 rings (SSSR count). The number of guanidine groups is 1. The summed E-state index contributed by atoms with van der Waals surface area (Å²) in [5, 5.41) is 10.7. The molecule has 1 aromatic heterocycles. The summed E-state index contributed by atoms with van der Waals surface area (Å²) in [5.74, 6) is 2.45. The van der Waals surface area contributed by atoms with Crippen LogP contribution in [0.25, 0.3) is 0 Å². The topological polar surface area (TPSA) is 91.6 Å². The molecule has 148 valence electrons. The fraction of sp³-hybridized carbons (Fsp3) is 0.750. The minimum Gasteiger partial charge on any atom is -0.357 e. The van der Waals surface area contributed by atoms with E-state index in [1.807, 2.05) is 32.5 Å². The van der Waals surface area contributed by atoms with Gasteiger partial charge < -0.3 is 10.6 Å². The Morgan fingerprint density at radius 1 is 1.27 bits per heavy atom. The SMILES string of the molecule is CCNC(=NCc1c(C)nn(C)c1C)NCCS(=O)(=O)N1CCSCC1. The summed E-state index contributed by atoms with van der Waals surface area (Å²) >= 11 is 1.80. The molecule has 26 heavy (non-hydrogen) atoms. The van der Waals surface area contributed by atoms with Gasteiger partial charge >= 0.3 is 0 Å². The molecule has 0 atom stereocenters. The Morgan fingerprint density at radius 3 is 2.54 bits per heavy atom. The highest BCUT2D eigenvalue weighted by Crippen LogP contribution is 2.14. The number of hydrogen-bond acceptors (Lipinski definition) is 5. The Hall–Kier alpha value is -1.26. The van der Waals surface area contributed by atoms with Gasteiger partial charge in [0.05, 0.1) is 18.0 Å². The maximum Gasteiger partial charge on any atom is 0.215 e. The highest BCUT2D eigenvalue weighted by Gasteiger charge is 2.23. The zero-order valence-electron chi connectivity index (χ0n) is 16.1. The zero-order valence-corrected chi connectivity index (χ0v) is 17.7. The number of aliphatic imine (C=N–C) groups is 1. The quantitative estimate of drug-likeness (QED) is 0.509. The third-order valence-electron chi connectivity index (χ3n) is 4.41. The summed E-state index contributed by atoms with van der Waals surface area (Å²) in [6.45, 7) is 8.77. The molecule has 0 aliphatic carbocycles. The smallest absolute Gasteiger partial charge is 0.215 e. The molecule has 1 aliphatic rings. The minimum atomic E-state index is -3.21. The van der Waals surface area contributed by atoms with Crippen LogP contribution in [0.5, 0.6) is 0 Å². The van der Waals surface area contributed by atoms with Crippen molar-refractivity contribution in [2.45, 2.75) is 27.3 Å². The predicted octanol–water partition coefficient (Wildman–Crippen LogP) is 0.471. The van der Waals surface area contributed by atoms with Gasteiger partial charge in [-0.05, 0) is 20.8 Å². The van der Waals surface area contributed by atoms with Gasteiger partial charge in [-0.1, -0.05) is 0 Å². The molecule has 0 saturated carbocycles. The average Bonchev–Trinajstić information content (AvgIpc) is 2.85. The molecule has 1 aromatic rings. The van der Waals surface area contributed by atoms with Gasteiger partial charge in [0.2, 0.25) is 10.0 Å². The predicted molar refractivity (Wildman–Crippen MR) is 108 cm³/mol. The molecule has 10 heteroatoms. The molecule has 0 aromatic carbocycles. The van der Waals surface area contributed by atoms with Gasteiger partial charge in [-0.2, -0.15) is 16.9 Å². The summed E-state index contributed by atoms with van der Waals surface area (Å²) in [7, 11) is -1.29. The van der Waals surface area contributed by atoms with E-state index in [2.05, 4.69) is 20.7 Å². The monoisotopic (exact) mass is 402 g/mol. The van der Waals surface area contributed by atoms with Gasteiger partial charge in [-0.15, -0.1) is 0 Å². The van der Waals surface area contributed by atoms with Crippen molar-refractivity contribution in [1.29, 1.82) is 0 Å². The van der Waals surface area contributed by atoms with Crippen LogP contribution in [0, 0.1) is 13.8 Å². The molecule has 1 saturated heterocycles. The van der Waals surface area contributed by atoms with Gasteiger partial charge in [0.25, 0.3) is 0 Å². The molecule has 2 N–H and O–H groups in total. The number of nitrogens with one attached hydrogen (secondary N) is 2. The Kier molecular flexibility index (Phi) is 7.78. The maximum absolute atomic E-state index is 12.4. The standard InChI is InChI=1S/C16H30N6O2S2/c1-5-17-16(19-12-15-13(2)20-21(4)14(15)3)18-6-11-26(23,24)22-7-9-25-10-8-22/h5-12H2,1-4H3,(H2,17,18,19). The lowest BCUT2D eigenvalue weighted by Crippen LogP contribution is -2.44. The lowest BCUT2D eigenvalue weighted by atomic mass is 10.2. The van der Waals surface area contributed by atoms with E-state index in [1.165, 1.54) is 0 Å². The number of aryl methyl sites for hydroxylation is 2. The average molecular weight is 403 g/mol. The van der Waals surface area contributed by atoms with Crippen molar-refractivity contribution in [3.8, 4) is 0 Å². The Labute approximate surface area is 160 Å². The molecule has 0 amide bonds. The molecule has 1 fully saturated rings. The summed E-state index contributed by atoms with van der Waals surface area (Å²) < 4.78 is 28.2. The van der Waals surface area contributed by atoms with Crippen LogP contribution in [0.4, 0.5) is 0 Å². The van der Waals surface area contributed by atoms with Crippen molar-refractivity contribution in [2.24, 2.45) is 12.0 Å². The van der Waals surface area contributed by atoms with Crippen LogP contribution in [0.2, 0.25) is 0 Å². The lowest BCUT2D eigenvalue weighted by Gasteiger charge is -2.25. The van der Waals surface area contributed by atoms with Crippen LogP contribution >= 0.6 is 11.8 Å². The third kappa shape index (κ3) is 5.62. The largest absolute Gasteiger partial charge is 0.357 e. The second kappa shape index (κ2) is 9.61. The van der Waals surface area contributed by atoms with Crippen LogP contribution in [0.3, 0.4) is 0 Å². The van der Waals surface area contributed by atoms with E-state index in [0.717, 1.165) is 28.5 Å². The van der Waals surface area contributed by atoms with Gasteiger partial charge in [0, 0.05) is 56.0 Å². The summed E-state index contributed by atoms with van der Waals surface area (Å²) in [5.41, 5.74) is 3.16. The van der Waals surface area contributed by atoms with Crippen LogP contribution in [-0.4, -0.2) is 71.9 Å². The fourth-order valence-corrected chi connectivity index (χ4v) is 5.29. The van der Waals surface area contributed by atoms with Crippen molar-refractivity contribution in [2.75, 3.05) is 43.4 Å². The number of aromatic nitrogens is 2. The first-order valence-corrected chi connectivity index (χ1v) is 11.7. The van der Waals surface area contributed by atoms with Crippen molar-refractivity contribution in [3.63, 3.8) is 0 Å². The number of rotatable bonds is 7. The number of thioether (sulfide) groups is 1. The molecule has 8 nitrogen and oxygen atoms in total. The van der Waals surface area contributed by atoms with Gasteiger partial charge in [0.15, 0.2) is 5.96 Å². The first kappa shape index (κ1) is 21.0. The second-order valence-corrected chi connectivity index (χ2v) is 9.54. The van der Waals surface area contributed by atoms with Gasteiger partial charge in [-0.25, -0.2) is 17.7 Å². The molecule has 0 spiro atoms. The molecule has 0 unspecified atom stereocenters. The number of hydrogen-bond donors (Lipinski definition) is 2. The van der Waals surface area contributed by atoms with Crippen LogP contribution in [-0.2, 0) is 23.6 Å². The number of nitrogens with zero attached hydrogens (tertiary/aromatic N) is 4. The van der Waals surface area contributed by atoms with E-state index in [-0.39, 0.29) is 5.75 Å².